The monoisotopic (exact) mass is 198 g/mol. The number of aromatic hydroxyl groups is 1. The second kappa shape index (κ2) is 4.28. The molecule has 0 spiro atoms. The fraction of sp³-hybridized carbons (Fsp3) is 0.300. The summed E-state index contributed by atoms with van der Waals surface area (Å²) >= 11 is 5.73. The van der Waals surface area contributed by atoms with E-state index in [0.717, 1.165) is 17.4 Å². The van der Waals surface area contributed by atoms with Crippen molar-refractivity contribution < 1.29 is 9.90 Å². The summed E-state index contributed by atoms with van der Waals surface area (Å²) < 4.78 is 0. The fourth-order valence-electron chi connectivity index (χ4n) is 1.23. The Morgan fingerprint density at radius 1 is 1.54 bits per heavy atom. The van der Waals surface area contributed by atoms with E-state index in [1.165, 1.54) is 0 Å². The van der Waals surface area contributed by atoms with Crippen LogP contribution in [0.2, 0.25) is 5.02 Å². The molecule has 0 saturated carbocycles. The van der Waals surface area contributed by atoms with E-state index in [0.29, 0.717) is 17.9 Å². The number of phenolic OH excluding ortho intramolecular Hbond substituents is 1. The van der Waals surface area contributed by atoms with Crippen molar-refractivity contribution in [3.05, 3.63) is 28.3 Å². The van der Waals surface area contributed by atoms with E-state index < -0.39 is 0 Å². The highest BCUT2D eigenvalue weighted by Gasteiger charge is 2.07. The molecule has 0 unspecified atom stereocenters. The largest absolute Gasteiger partial charge is 0.506 e. The van der Waals surface area contributed by atoms with Crippen molar-refractivity contribution in [2.75, 3.05) is 0 Å². The fourth-order valence-corrected chi connectivity index (χ4v) is 1.40. The third kappa shape index (κ3) is 2.22. The Morgan fingerprint density at radius 2 is 2.23 bits per heavy atom. The van der Waals surface area contributed by atoms with E-state index in [4.69, 9.17) is 11.6 Å². The number of hydrogen-bond donors (Lipinski definition) is 1. The Labute approximate surface area is 82.2 Å². The van der Waals surface area contributed by atoms with Crippen LogP contribution in [-0.2, 0) is 11.2 Å². The molecule has 1 N–H and O–H groups in total. The summed E-state index contributed by atoms with van der Waals surface area (Å²) in [5, 5.41) is 9.90. The predicted octanol–water partition coefficient (Wildman–Crippen LogP) is 2.49. The minimum atomic E-state index is 0.100. The van der Waals surface area contributed by atoms with Gasteiger partial charge in [0, 0.05) is 6.42 Å². The van der Waals surface area contributed by atoms with Gasteiger partial charge in [0.15, 0.2) is 0 Å². The smallest absolute Gasteiger partial charge is 0.137 e. The molecule has 0 aliphatic rings. The van der Waals surface area contributed by atoms with Gasteiger partial charge in [0.1, 0.15) is 12.0 Å². The van der Waals surface area contributed by atoms with E-state index in [9.17, 15) is 9.90 Å². The van der Waals surface area contributed by atoms with Crippen LogP contribution in [0.4, 0.5) is 0 Å². The molecule has 0 fully saturated rings. The van der Waals surface area contributed by atoms with Crippen molar-refractivity contribution in [1.82, 2.24) is 0 Å². The van der Waals surface area contributed by atoms with Crippen molar-refractivity contribution in [3.8, 4) is 5.75 Å². The summed E-state index contributed by atoms with van der Waals surface area (Å²) in [6, 6.07) is 3.48. The number of phenols is 1. The molecular weight excluding hydrogens is 188 g/mol. The highest BCUT2D eigenvalue weighted by Crippen LogP contribution is 2.30. The Kier molecular flexibility index (Phi) is 3.32. The molecule has 70 valence electrons. The van der Waals surface area contributed by atoms with Crippen LogP contribution in [0.5, 0.6) is 5.75 Å². The van der Waals surface area contributed by atoms with Crippen LogP contribution < -0.4 is 0 Å². The average molecular weight is 199 g/mol. The maximum atomic E-state index is 10.2. The van der Waals surface area contributed by atoms with Crippen LogP contribution in [0.15, 0.2) is 12.1 Å². The number of carbonyl (C=O) groups excluding carboxylic acids is 1. The summed E-state index contributed by atoms with van der Waals surface area (Å²) in [5.74, 6) is 0.100. The van der Waals surface area contributed by atoms with Crippen LogP contribution in [0, 0.1) is 6.92 Å². The lowest BCUT2D eigenvalue weighted by atomic mass is 10.0. The molecule has 1 rings (SSSR count). The van der Waals surface area contributed by atoms with E-state index >= 15 is 0 Å². The van der Waals surface area contributed by atoms with E-state index in [-0.39, 0.29) is 5.75 Å². The minimum Gasteiger partial charge on any atom is -0.506 e. The first-order valence-electron chi connectivity index (χ1n) is 4.07. The van der Waals surface area contributed by atoms with Crippen molar-refractivity contribution >= 4 is 17.9 Å². The minimum absolute atomic E-state index is 0.100. The normalized spacial score (nSPS) is 10.0. The Morgan fingerprint density at radius 3 is 2.85 bits per heavy atom. The van der Waals surface area contributed by atoms with Gasteiger partial charge >= 0.3 is 0 Å². The molecule has 2 nitrogen and oxygen atoms in total. The van der Waals surface area contributed by atoms with Crippen LogP contribution in [0.3, 0.4) is 0 Å². The highest BCUT2D eigenvalue weighted by atomic mass is 35.5. The molecule has 13 heavy (non-hydrogen) atoms. The number of aryl methyl sites for hydroxylation is 1. The van der Waals surface area contributed by atoms with Crippen LogP contribution in [-0.4, -0.2) is 11.4 Å². The van der Waals surface area contributed by atoms with Gasteiger partial charge in [0.25, 0.3) is 0 Å². The number of halogens is 1. The molecule has 0 radical (unpaired) electrons. The van der Waals surface area contributed by atoms with Crippen LogP contribution in [0.25, 0.3) is 0 Å². The second-order valence-corrected chi connectivity index (χ2v) is 3.30. The zero-order valence-corrected chi connectivity index (χ0v) is 8.14. The van der Waals surface area contributed by atoms with Crippen LogP contribution >= 0.6 is 11.6 Å². The summed E-state index contributed by atoms with van der Waals surface area (Å²) in [5.41, 5.74) is 1.73. The number of aldehydes is 1. The molecule has 0 aliphatic carbocycles. The lowest BCUT2D eigenvalue weighted by molar-refractivity contribution is -0.107. The molecule has 0 aromatic heterocycles. The Hall–Kier alpha value is -1.02. The molecule has 1 aromatic rings. The van der Waals surface area contributed by atoms with Gasteiger partial charge in [-0.15, -0.1) is 0 Å². The zero-order valence-electron chi connectivity index (χ0n) is 7.38. The molecule has 3 heteroatoms. The Bertz CT molecular complexity index is 321. The number of rotatable bonds is 3. The van der Waals surface area contributed by atoms with Gasteiger partial charge in [-0.2, -0.15) is 0 Å². The maximum absolute atomic E-state index is 10.2. The predicted molar refractivity (Wildman–Crippen MR) is 52.2 cm³/mol. The zero-order chi connectivity index (χ0) is 9.84. The highest BCUT2D eigenvalue weighted by molar-refractivity contribution is 6.32. The van der Waals surface area contributed by atoms with E-state index in [1.807, 2.05) is 13.0 Å². The topological polar surface area (TPSA) is 37.3 Å². The molecule has 0 aliphatic heterocycles. The van der Waals surface area contributed by atoms with E-state index in [2.05, 4.69) is 0 Å². The van der Waals surface area contributed by atoms with Gasteiger partial charge < -0.3 is 9.90 Å². The number of carbonyl (C=O) groups is 1. The summed E-state index contributed by atoms with van der Waals surface area (Å²) in [7, 11) is 0. The molecule has 0 bridgehead atoms. The lowest BCUT2D eigenvalue weighted by Gasteiger charge is -2.07. The van der Waals surface area contributed by atoms with Crippen molar-refractivity contribution in [3.63, 3.8) is 0 Å². The molecule has 0 heterocycles. The molecule has 0 atom stereocenters. The van der Waals surface area contributed by atoms with Crippen molar-refractivity contribution in [2.45, 2.75) is 19.8 Å². The SMILES string of the molecule is Cc1ccc(Cl)c(O)c1CCC=O. The average Bonchev–Trinajstić information content (AvgIpc) is 2.12. The molecular formula is C10H11ClO2. The Balaban J connectivity index is 3.02. The molecule has 0 saturated heterocycles. The van der Waals surface area contributed by atoms with Crippen LogP contribution in [0.1, 0.15) is 17.5 Å². The van der Waals surface area contributed by atoms with Gasteiger partial charge in [-0.05, 0) is 30.5 Å². The first kappa shape index (κ1) is 10.1. The second-order valence-electron chi connectivity index (χ2n) is 2.90. The maximum Gasteiger partial charge on any atom is 0.137 e. The quantitative estimate of drug-likeness (QED) is 0.758. The standard InChI is InChI=1S/C10H11ClO2/c1-7-4-5-9(11)10(13)8(7)3-2-6-12/h4-6,13H,2-3H2,1H3. The summed E-state index contributed by atoms with van der Waals surface area (Å²) in [6.45, 7) is 1.89. The number of hydrogen-bond acceptors (Lipinski definition) is 2. The van der Waals surface area contributed by atoms with Gasteiger partial charge in [0.2, 0.25) is 0 Å². The summed E-state index contributed by atoms with van der Waals surface area (Å²) in [4.78, 5) is 10.2. The first-order chi connectivity index (χ1) is 6.16. The van der Waals surface area contributed by atoms with Crippen molar-refractivity contribution in [1.29, 1.82) is 0 Å². The summed E-state index contributed by atoms with van der Waals surface area (Å²) in [6.07, 6.45) is 1.79. The number of benzene rings is 1. The third-order valence-corrected chi connectivity index (χ3v) is 2.28. The van der Waals surface area contributed by atoms with Gasteiger partial charge in [-0.3, -0.25) is 0 Å². The van der Waals surface area contributed by atoms with Gasteiger partial charge in [-0.25, -0.2) is 0 Å². The molecule has 1 aromatic carbocycles. The third-order valence-electron chi connectivity index (χ3n) is 1.98. The van der Waals surface area contributed by atoms with E-state index in [1.54, 1.807) is 6.07 Å². The first-order valence-corrected chi connectivity index (χ1v) is 4.45. The lowest BCUT2D eigenvalue weighted by Crippen LogP contribution is -1.91. The van der Waals surface area contributed by atoms with Gasteiger partial charge in [0.05, 0.1) is 5.02 Å². The molecule has 0 amide bonds. The van der Waals surface area contributed by atoms with Crippen molar-refractivity contribution in [2.24, 2.45) is 0 Å². The van der Waals surface area contributed by atoms with Gasteiger partial charge in [-0.1, -0.05) is 17.7 Å².